The van der Waals surface area contributed by atoms with Crippen LogP contribution in [0.25, 0.3) is 11.1 Å². The van der Waals surface area contributed by atoms with E-state index in [4.69, 9.17) is 4.74 Å². The lowest BCUT2D eigenvalue weighted by Crippen LogP contribution is -2.43. The first-order valence-electron chi connectivity index (χ1n) is 11.1. The molecule has 1 atom stereocenters. The zero-order chi connectivity index (χ0) is 22.1. The van der Waals surface area contributed by atoms with Crippen LogP contribution in [0, 0.1) is 10.8 Å². The van der Waals surface area contributed by atoms with Crippen LogP contribution in [0.2, 0.25) is 0 Å². The number of carbonyl (C=O) groups excluding carboxylic acids is 1. The summed E-state index contributed by atoms with van der Waals surface area (Å²) in [6, 6.07) is 16.4. The smallest absolute Gasteiger partial charge is 0.407 e. The van der Waals surface area contributed by atoms with Crippen molar-refractivity contribution in [3.05, 3.63) is 59.7 Å². The third-order valence-electron chi connectivity index (χ3n) is 7.16. The topological polar surface area (TPSA) is 75.6 Å². The molecule has 0 aromatic heterocycles. The van der Waals surface area contributed by atoms with Gasteiger partial charge in [-0.3, -0.25) is 4.79 Å². The monoisotopic (exact) mass is 421 g/mol. The second kappa shape index (κ2) is 8.37. The van der Waals surface area contributed by atoms with Gasteiger partial charge in [-0.25, -0.2) is 4.79 Å². The Hall–Kier alpha value is -2.82. The van der Waals surface area contributed by atoms with E-state index >= 15 is 0 Å². The van der Waals surface area contributed by atoms with Crippen molar-refractivity contribution in [2.24, 2.45) is 10.8 Å². The van der Waals surface area contributed by atoms with Crippen molar-refractivity contribution >= 4 is 12.1 Å². The van der Waals surface area contributed by atoms with Gasteiger partial charge in [-0.15, -0.1) is 0 Å². The van der Waals surface area contributed by atoms with Gasteiger partial charge in [-0.1, -0.05) is 68.8 Å². The molecule has 31 heavy (non-hydrogen) atoms. The Labute approximate surface area is 183 Å². The van der Waals surface area contributed by atoms with Crippen LogP contribution in [0.4, 0.5) is 4.79 Å². The molecule has 0 saturated heterocycles. The number of carbonyl (C=O) groups is 2. The molecular weight excluding hydrogens is 390 g/mol. The summed E-state index contributed by atoms with van der Waals surface area (Å²) in [6.45, 7) is 4.70. The number of benzene rings is 2. The van der Waals surface area contributed by atoms with Crippen LogP contribution in [0.5, 0.6) is 0 Å². The Balaban J connectivity index is 1.40. The number of alkyl carbamates (subject to hydrolysis) is 1. The predicted molar refractivity (Wildman–Crippen MR) is 120 cm³/mol. The van der Waals surface area contributed by atoms with Gasteiger partial charge < -0.3 is 15.2 Å². The molecule has 0 bridgehead atoms. The Morgan fingerprint density at radius 3 is 2.19 bits per heavy atom. The van der Waals surface area contributed by atoms with Crippen LogP contribution < -0.4 is 5.32 Å². The molecule has 164 valence electrons. The molecule has 4 rings (SSSR count). The first-order chi connectivity index (χ1) is 14.8. The molecule has 1 fully saturated rings. The van der Waals surface area contributed by atoms with Crippen LogP contribution in [0.15, 0.2) is 48.5 Å². The van der Waals surface area contributed by atoms with E-state index < -0.39 is 17.5 Å². The lowest BCUT2D eigenvalue weighted by molar-refractivity contribution is -0.149. The van der Waals surface area contributed by atoms with Crippen molar-refractivity contribution in [3.8, 4) is 11.1 Å². The number of aliphatic carboxylic acids is 1. The van der Waals surface area contributed by atoms with E-state index in [9.17, 15) is 14.7 Å². The first-order valence-corrected chi connectivity index (χ1v) is 11.1. The van der Waals surface area contributed by atoms with Crippen molar-refractivity contribution in [3.63, 3.8) is 0 Å². The van der Waals surface area contributed by atoms with Crippen LogP contribution in [-0.2, 0) is 9.53 Å². The normalized spacial score (nSPS) is 22.1. The number of carboxylic acid groups (broad SMARTS) is 1. The highest BCUT2D eigenvalue weighted by atomic mass is 16.5. The molecule has 0 radical (unpaired) electrons. The minimum atomic E-state index is -0.917. The zero-order valence-electron chi connectivity index (χ0n) is 18.3. The number of ether oxygens (including phenoxy) is 1. The quantitative estimate of drug-likeness (QED) is 0.618. The van der Waals surface area contributed by atoms with Crippen molar-refractivity contribution in [2.75, 3.05) is 13.2 Å². The SMILES string of the molecule is CC1(C)CCCC(CNC(=O)OCC2c3ccccc3-c3ccccc32)(C(=O)O)CC1. The third kappa shape index (κ3) is 4.32. The molecule has 2 aromatic rings. The molecule has 5 heteroatoms. The number of rotatable bonds is 5. The van der Waals surface area contributed by atoms with Crippen molar-refractivity contribution in [1.29, 1.82) is 0 Å². The summed E-state index contributed by atoms with van der Waals surface area (Å²) in [5.74, 6) is -0.839. The zero-order valence-corrected chi connectivity index (χ0v) is 18.3. The highest BCUT2D eigenvalue weighted by molar-refractivity contribution is 5.79. The fraction of sp³-hybridized carbons (Fsp3) is 0.462. The van der Waals surface area contributed by atoms with Crippen LogP contribution in [0.1, 0.15) is 63.0 Å². The number of amides is 1. The van der Waals surface area contributed by atoms with E-state index in [0.717, 1.165) is 30.4 Å². The van der Waals surface area contributed by atoms with E-state index in [1.165, 1.54) is 11.1 Å². The minimum Gasteiger partial charge on any atom is -0.481 e. The lowest BCUT2D eigenvalue weighted by Gasteiger charge is -2.29. The molecule has 2 aliphatic carbocycles. The van der Waals surface area contributed by atoms with Crippen LogP contribution in [0.3, 0.4) is 0 Å². The van der Waals surface area contributed by atoms with Crippen LogP contribution in [-0.4, -0.2) is 30.3 Å². The van der Waals surface area contributed by atoms with Gasteiger partial charge in [0.25, 0.3) is 0 Å². The lowest BCUT2D eigenvalue weighted by atomic mass is 9.78. The fourth-order valence-corrected chi connectivity index (χ4v) is 5.09. The molecule has 1 unspecified atom stereocenters. The number of nitrogens with one attached hydrogen (secondary N) is 1. The molecule has 0 spiro atoms. The summed E-state index contributed by atoms with van der Waals surface area (Å²) in [7, 11) is 0. The number of fused-ring (bicyclic) bond motifs is 3. The van der Waals surface area contributed by atoms with Gasteiger partial charge in [-0.2, -0.15) is 0 Å². The van der Waals surface area contributed by atoms with Gasteiger partial charge in [0.2, 0.25) is 0 Å². The molecule has 1 saturated carbocycles. The van der Waals surface area contributed by atoms with Gasteiger partial charge in [0.1, 0.15) is 6.61 Å². The number of hydrogen-bond acceptors (Lipinski definition) is 3. The Kier molecular flexibility index (Phi) is 5.78. The van der Waals surface area contributed by atoms with Crippen molar-refractivity contribution < 1.29 is 19.4 Å². The van der Waals surface area contributed by atoms with Gasteiger partial charge in [0.15, 0.2) is 0 Å². The molecule has 5 nitrogen and oxygen atoms in total. The van der Waals surface area contributed by atoms with E-state index in [-0.39, 0.29) is 24.5 Å². The summed E-state index contributed by atoms with van der Waals surface area (Å²) in [4.78, 5) is 24.6. The van der Waals surface area contributed by atoms with E-state index in [2.05, 4.69) is 43.4 Å². The molecule has 0 heterocycles. The van der Waals surface area contributed by atoms with E-state index in [1.54, 1.807) is 0 Å². The van der Waals surface area contributed by atoms with Gasteiger partial charge in [0, 0.05) is 12.5 Å². The van der Waals surface area contributed by atoms with E-state index in [0.29, 0.717) is 12.8 Å². The third-order valence-corrected chi connectivity index (χ3v) is 7.16. The Morgan fingerprint density at radius 1 is 0.968 bits per heavy atom. The maximum Gasteiger partial charge on any atom is 0.407 e. The minimum absolute atomic E-state index is 0.00902. The maximum atomic E-state index is 12.5. The Morgan fingerprint density at radius 2 is 1.58 bits per heavy atom. The highest BCUT2D eigenvalue weighted by Gasteiger charge is 2.42. The van der Waals surface area contributed by atoms with E-state index in [1.807, 2.05) is 24.3 Å². The molecule has 0 aliphatic heterocycles. The first kappa shape index (κ1) is 21.4. The van der Waals surface area contributed by atoms with Gasteiger partial charge in [0.05, 0.1) is 5.41 Å². The summed E-state index contributed by atoms with van der Waals surface area (Å²) < 4.78 is 5.58. The van der Waals surface area contributed by atoms with Crippen LogP contribution >= 0.6 is 0 Å². The number of hydrogen-bond donors (Lipinski definition) is 2. The summed E-state index contributed by atoms with van der Waals surface area (Å²) in [5.41, 5.74) is 3.89. The molecule has 1 amide bonds. The maximum absolute atomic E-state index is 12.5. The molecule has 2 N–H and O–H groups in total. The van der Waals surface area contributed by atoms with Crippen molar-refractivity contribution in [1.82, 2.24) is 5.32 Å². The number of carboxylic acids is 1. The summed E-state index contributed by atoms with van der Waals surface area (Å²) in [6.07, 6.45) is 3.30. The fourth-order valence-electron chi connectivity index (χ4n) is 5.09. The standard InChI is InChI=1S/C26H31NO4/c1-25(2)12-7-13-26(15-14-25,23(28)29)17-27-24(30)31-16-22-20-10-5-3-8-18(20)19-9-4-6-11-21(19)22/h3-6,8-11,22H,7,12-17H2,1-2H3,(H,27,30)(H,28,29). The Bertz CT molecular complexity index is 937. The molecule has 2 aromatic carbocycles. The predicted octanol–water partition coefficient (Wildman–Crippen LogP) is 5.59. The average molecular weight is 422 g/mol. The highest BCUT2D eigenvalue weighted by Crippen LogP contribution is 2.45. The molecule has 2 aliphatic rings. The summed E-state index contributed by atoms with van der Waals surface area (Å²) >= 11 is 0. The summed E-state index contributed by atoms with van der Waals surface area (Å²) in [5, 5.41) is 12.7. The second-order valence-corrected chi connectivity index (χ2v) is 9.78. The average Bonchev–Trinajstić information content (AvgIpc) is 2.97. The second-order valence-electron chi connectivity index (χ2n) is 9.78. The molecular formula is C26H31NO4. The van der Waals surface area contributed by atoms with Gasteiger partial charge >= 0.3 is 12.1 Å². The largest absolute Gasteiger partial charge is 0.481 e. The van der Waals surface area contributed by atoms with Gasteiger partial charge in [-0.05, 0) is 53.4 Å². The van der Waals surface area contributed by atoms with Crippen molar-refractivity contribution in [2.45, 2.75) is 51.9 Å².